The molecule has 4 heteroatoms. The Hall–Kier alpha value is -1.06. The molecule has 0 aliphatic heterocycles. The Morgan fingerprint density at radius 3 is 2.00 bits per heavy atom. The molecule has 0 aliphatic rings. The molecule has 0 radical (unpaired) electrons. The molecule has 0 aliphatic carbocycles. The van der Waals surface area contributed by atoms with E-state index >= 15 is 0 Å². The number of hydrogen-bond acceptors (Lipinski definition) is 1. The van der Waals surface area contributed by atoms with Gasteiger partial charge in [-0.1, -0.05) is 27.7 Å². The Bertz CT molecular complexity index is 330. The molecule has 1 rings (SSSR count). The fraction of sp³-hybridized carbons (Fsp3) is 0.583. The Morgan fingerprint density at radius 2 is 1.69 bits per heavy atom. The van der Waals surface area contributed by atoms with E-state index < -0.39 is 11.7 Å². The summed E-state index contributed by atoms with van der Waals surface area (Å²) >= 11 is 0. The fourth-order valence-corrected chi connectivity index (χ4v) is 1.34. The third kappa shape index (κ3) is 3.83. The van der Waals surface area contributed by atoms with Crippen LogP contribution >= 0.6 is 0 Å². The molecular weight excluding hydrogens is 215 g/mol. The van der Waals surface area contributed by atoms with Crippen LogP contribution in [-0.2, 0) is 6.18 Å². The molecule has 1 heterocycles. The average Bonchev–Trinajstić information content (AvgIpc) is 2.18. The monoisotopic (exact) mass is 233 g/mol. The van der Waals surface area contributed by atoms with Crippen molar-refractivity contribution in [3.63, 3.8) is 0 Å². The van der Waals surface area contributed by atoms with E-state index in [2.05, 4.69) is 4.98 Å². The predicted molar refractivity (Wildman–Crippen MR) is 59.4 cm³/mol. The van der Waals surface area contributed by atoms with Crippen molar-refractivity contribution in [2.24, 2.45) is 0 Å². The first-order valence-corrected chi connectivity index (χ1v) is 5.36. The highest BCUT2D eigenvalue weighted by molar-refractivity contribution is 5.27. The van der Waals surface area contributed by atoms with Gasteiger partial charge in [0.1, 0.15) is 0 Å². The minimum Gasteiger partial charge on any atom is -0.260 e. The molecular formula is C12H18F3N. The number of rotatable bonds is 1. The highest BCUT2D eigenvalue weighted by Crippen LogP contribution is 2.30. The Labute approximate surface area is 94.7 Å². The summed E-state index contributed by atoms with van der Waals surface area (Å²) in [4.78, 5) is 3.82. The second-order valence-corrected chi connectivity index (χ2v) is 3.58. The van der Waals surface area contributed by atoms with Crippen molar-refractivity contribution in [3.05, 3.63) is 29.1 Å². The lowest BCUT2D eigenvalue weighted by Crippen LogP contribution is -2.08. The Balaban J connectivity index is 0.00000106. The third-order valence-electron chi connectivity index (χ3n) is 1.99. The minimum atomic E-state index is -4.30. The van der Waals surface area contributed by atoms with Crippen LogP contribution in [0.25, 0.3) is 0 Å². The standard InChI is InChI=1S/C10H12F3N.C2H6/c1-6(2)9-7(3)4-8(5-14-9)10(11,12)13;1-2/h4-6H,1-3H3;1-2H3. The molecule has 0 amide bonds. The topological polar surface area (TPSA) is 12.9 Å². The van der Waals surface area contributed by atoms with E-state index in [1.54, 1.807) is 6.92 Å². The van der Waals surface area contributed by atoms with Gasteiger partial charge in [-0.3, -0.25) is 4.98 Å². The average molecular weight is 233 g/mol. The van der Waals surface area contributed by atoms with Crippen LogP contribution in [0.1, 0.15) is 50.4 Å². The van der Waals surface area contributed by atoms with Crippen LogP contribution in [0.3, 0.4) is 0 Å². The van der Waals surface area contributed by atoms with E-state index in [0.717, 1.165) is 18.0 Å². The van der Waals surface area contributed by atoms with Gasteiger partial charge in [0.15, 0.2) is 0 Å². The van der Waals surface area contributed by atoms with E-state index in [1.165, 1.54) is 0 Å². The molecule has 1 nitrogen and oxygen atoms in total. The lowest BCUT2D eigenvalue weighted by molar-refractivity contribution is -0.137. The van der Waals surface area contributed by atoms with Crippen molar-refractivity contribution < 1.29 is 13.2 Å². The van der Waals surface area contributed by atoms with E-state index in [1.807, 2.05) is 27.7 Å². The lowest BCUT2D eigenvalue weighted by Gasteiger charge is -2.11. The molecule has 0 saturated heterocycles. The molecule has 0 spiro atoms. The zero-order chi connectivity index (χ0) is 12.9. The number of halogens is 3. The fourth-order valence-electron chi connectivity index (χ4n) is 1.34. The zero-order valence-corrected chi connectivity index (χ0v) is 10.3. The first kappa shape index (κ1) is 14.9. The number of pyridine rings is 1. The van der Waals surface area contributed by atoms with Gasteiger partial charge in [-0.05, 0) is 24.5 Å². The van der Waals surface area contributed by atoms with Crippen molar-refractivity contribution in [1.82, 2.24) is 4.98 Å². The van der Waals surface area contributed by atoms with Crippen LogP contribution in [0.15, 0.2) is 12.3 Å². The smallest absolute Gasteiger partial charge is 0.260 e. The van der Waals surface area contributed by atoms with Gasteiger partial charge in [0.25, 0.3) is 0 Å². The van der Waals surface area contributed by atoms with Crippen molar-refractivity contribution in [2.45, 2.75) is 46.7 Å². The summed E-state index contributed by atoms with van der Waals surface area (Å²) in [6.45, 7) is 9.46. The lowest BCUT2D eigenvalue weighted by atomic mass is 10.0. The number of aromatic nitrogens is 1. The summed E-state index contributed by atoms with van der Waals surface area (Å²) in [7, 11) is 0. The van der Waals surface area contributed by atoms with Crippen LogP contribution in [0.5, 0.6) is 0 Å². The van der Waals surface area contributed by atoms with E-state index in [9.17, 15) is 13.2 Å². The highest BCUT2D eigenvalue weighted by Gasteiger charge is 2.31. The maximum atomic E-state index is 12.3. The van der Waals surface area contributed by atoms with Crippen molar-refractivity contribution in [3.8, 4) is 0 Å². The quantitative estimate of drug-likeness (QED) is 0.693. The third-order valence-corrected chi connectivity index (χ3v) is 1.99. The molecule has 0 atom stereocenters. The summed E-state index contributed by atoms with van der Waals surface area (Å²) in [6.07, 6.45) is -3.41. The summed E-state index contributed by atoms with van der Waals surface area (Å²) in [5.41, 5.74) is 0.632. The van der Waals surface area contributed by atoms with E-state index in [-0.39, 0.29) is 5.92 Å². The molecule has 0 saturated carbocycles. The van der Waals surface area contributed by atoms with E-state index in [0.29, 0.717) is 5.56 Å². The largest absolute Gasteiger partial charge is 0.417 e. The first-order valence-electron chi connectivity index (χ1n) is 5.36. The van der Waals surface area contributed by atoms with Crippen LogP contribution in [0, 0.1) is 6.92 Å². The maximum Gasteiger partial charge on any atom is 0.417 e. The predicted octanol–water partition coefficient (Wildman–Crippen LogP) is 4.56. The summed E-state index contributed by atoms with van der Waals surface area (Å²) in [5, 5.41) is 0. The number of hydrogen-bond donors (Lipinski definition) is 0. The van der Waals surface area contributed by atoms with Crippen LogP contribution < -0.4 is 0 Å². The summed E-state index contributed by atoms with van der Waals surface area (Å²) < 4.78 is 36.8. The van der Waals surface area contributed by atoms with Crippen LogP contribution in [-0.4, -0.2) is 4.98 Å². The molecule has 1 aromatic heterocycles. The Kier molecular flexibility index (Phi) is 5.48. The molecule has 0 unspecified atom stereocenters. The normalized spacial score (nSPS) is 11.1. The molecule has 16 heavy (non-hydrogen) atoms. The molecule has 0 aromatic carbocycles. The Morgan fingerprint density at radius 1 is 1.19 bits per heavy atom. The van der Waals surface area contributed by atoms with Gasteiger partial charge in [-0.2, -0.15) is 13.2 Å². The van der Waals surface area contributed by atoms with Gasteiger partial charge < -0.3 is 0 Å². The van der Waals surface area contributed by atoms with Crippen LogP contribution in [0.2, 0.25) is 0 Å². The van der Waals surface area contributed by atoms with Gasteiger partial charge in [0.05, 0.1) is 5.56 Å². The maximum absolute atomic E-state index is 12.3. The number of alkyl halides is 3. The SMILES string of the molecule is CC.Cc1cc(C(F)(F)F)cnc1C(C)C. The van der Waals surface area contributed by atoms with Gasteiger partial charge in [0, 0.05) is 11.9 Å². The van der Waals surface area contributed by atoms with Gasteiger partial charge in [0.2, 0.25) is 0 Å². The van der Waals surface area contributed by atoms with Crippen LogP contribution in [0.4, 0.5) is 13.2 Å². The van der Waals surface area contributed by atoms with Gasteiger partial charge in [-0.25, -0.2) is 0 Å². The highest BCUT2D eigenvalue weighted by atomic mass is 19.4. The molecule has 0 N–H and O–H groups in total. The first-order chi connectivity index (χ1) is 7.32. The summed E-state index contributed by atoms with van der Waals surface area (Å²) in [6, 6.07) is 1.14. The van der Waals surface area contributed by atoms with Gasteiger partial charge >= 0.3 is 6.18 Å². The molecule has 0 fully saturated rings. The van der Waals surface area contributed by atoms with E-state index in [4.69, 9.17) is 0 Å². The van der Waals surface area contributed by atoms with Gasteiger partial charge in [-0.15, -0.1) is 0 Å². The molecule has 1 aromatic rings. The number of aryl methyl sites for hydroxylation is 1. The van der Waals surface area contributed by atoms with Crippen molar-refractivity contribution in [1.29, 1.82) is 0 Å². The summed E-state index contributed by atoms with van der Waals surface area (Å²) in [5.74, 6) is 0.150. The second kappa shape index (κ2) is 5.87. The van der Waals surface area contributed by atoms with Crippen molar-refractivity contribution >= 4 is 0 Å². The van der Waals surface area contributed by atoms with Crippen molar-refractivity contribution in [2.75, 3.05) is 0 Å². The molecule has 0 bridgehead atoms. The second-order valence-electron chi connectivity index (χ2n) is 3.58. The minimum absolute atomic E-state index is 0.150. The zero-order valence-electron chi connectivity index (χ0n) is 10.3. The number of nitrogens with zero attached hydrogens (tertiary/aromatic N) is 1. The molecule has 92 valence electrons.